The number of hydrogen-bond acceptors (Lipinski definition) is 8. The molecule has 0 bridgehead atoms. The monoisotopic (exact) mass is 545 g/mol. The van der Waals surface area contributed by atoms with Crippen LogP contribution in [0.3, 0.4) is 0 Å². The van der Waals surface area contributed by atoms with Gasteiger partial charge in [0.25, 0.3) is 0 Å². The predicted molar refractivity (Wildman–Crippen MR) is 155 cm³/mol. The van der Waals surface area contributed by atoms with Crippen molar-refractivity contribution >= 4 is 7.69 Å². The fourth-order valence-electron chi connectivity index (χ4n) is 3.34. The maximum Gasteiger partial charge on any atom is 0.658 e. The van der Waals surface area contributed by atoms with Crippen molar-refractivity contribution in [2.75, 3.05) is 39.6 Å². The summed E-state index contributed by atoms with van der Waals surface area (Å²) < 4.78 is 47.9. The smallest absolute Gasteiger partial charge is 0.521 e. The van der Waals surface area contributed by atoms with E-state index in [9.17, 15) is 0 Å². The van der Waals surface area contributed by atoms with Crippen molar-refractivity contribution in [2.45, 2.75) is 80.1 Å². The van der Waals surface area contributed by atoms with E-state index in [-0.39, 0.29) is 0 Å². The van der Waals surface area contributed by atoms with E-state index in [2.05, 4.69) is 13.8 Å². The lowest BCUT2D eigenvalue weighted by molar-refractivity contribution is 0.264. The molecule has 8 nitrogen and oxygen atoms in total. The van der Waals surface area contributed by atoms with Gasteiger partial charge in [0, 0.05) is 24.3 Å². The second-order valence-corrected chi connectivity index (χ2v) is 8.92. The van der Waals surface area contributed by atoms with Gasteiger partial charge >= 0.3 is 7.69 Å². The molecule has 0 saturated heterocycles. The SMILES string of the molecule is CCCOc1cc(OCCC)c(O[B]Oc2c(OCCC)cc(OCCC)cc2OCCC)c(OCCC)c1. The molecule has 2 rings (SSSR count). The zero-order chi connectivity index (χ0) is 28.3. The molecule has 0 N–H and O–H groups in total. The maximum absolute atomic E-state index is 6.04. The van der Waals surface area contributed by atoms with Crippen LogP contribution >= 0.6 is 0 Å². The Bertz CT molecular complexity index is 819. The van der Waals surface area contributed by atoms with Crippen molar-refractivity contribution < 1.29 is 37.7 Å². The second-order valence-electron chi connectivity index (χ2n) is 8.92. The van der Waals surface area contributed by atoms with Gasteiger partial charge in [0.2, 0.25) is 0 Å². The lowest BCUT2D eigenvalue weighted by atomic mass is 10.2. The van der Waals surface area contributed by atoms with Gasteiger partial charge < -0.3 is 37.7 Å². The average Bonchev–Trinajstić information content (AvgIpc) is 2.95. The van der Waals surface area contributed by atoms with Crippen LogP contribution in [0.5, 0.6) is 46.0 Å². The molecule has 0 fully saturated rings. The highest BCUT2D eigenvalue weighted by Crippen LogP contribution is 2.44. The lowest BCUT2D eigenvalue weighted by Crippen LogP contribution is -2.15. The normalized spacial score (nSPS) is 10.5. The van der Waals surface area contributed by atoms with E-state index in [1.54, 1.807) is 0 Å². The minimum Gasteiger partial charge on any atom is -0.521 e. The van der Waals surface area contributed by atoms with Crippen LogP contribution in [0.2, 0.25) is 0 Å². The van der Waals surface area contributed by atoms with Crippen LogP contribution in [0.4, 0.5) is 0 Å². The van der Waals surface area contributed by atoms with E-state index in [4.69, 9.17) is 37.7 Å². The van der Waals surface area contributed by atoms with Crippen LogP contribution < -0.4 is 37.7 Å². The molecule has 0 spiro atoms. The quantitative estimate of drug-likeness (QED) is 0.142. The largest absolute Gasteiger partial charge is 0.658 e. The topological polar surface area (TPSA) is 73.8 Å². The van der Waals surface area contributed by atoms with Crippen molar-refractivity contribution in [2.24, 2.45) is 0 Å². The van der Waals surface area contributed by atoms with Crippen molar-refractivity contribution in [1.29, 1.82) is 0 Å². The minimum atomic E-state index is 0.413. The van der Waals surface area contributed by atoms with Crippen molar-refractivity contribution in [3.05, 3.63) is 24.3 Å². The van der Waals surface area contributed by atoms with Crippen molar-refractivity contribution in [3.8, 4) is 46.0 Å². The molecule has 0 aliphatic carbocycles. The zero-order valence-electron chi connectivity index (χ0n) is 24.6. The second kappa shape index (κ2) is 19.0. The van der Waals surface area contributed by atoms with E-state index in [1.807, 2.05) is 52.0 Å². The first-order valence-electron chi connectivity index (χ1n) is 14.4. The minimum absolute atomic E-state index is 0.413. The summed E-state index contributed by atoms with van der Waals surface area (Å²) >= 11 is 0. The number of rotatable bonds is 22. The third kappa shape index (κ3) is 10.9. The van der Waals surface area contributed by atoms with E-state index < -0.39 is 0 Å². The third-order valence-electron chi connectivity index (χ3n) is 5.11. The predicted octanol–water partition coefficient (Wildman–Crippen LogP) is 7.41. The summed E-state index contributed by atoms with van der Waals surface area (Å²) in [4.78, 5) is 0. The van der Waals surface area contributed by atoms with Crippen LogP contribution in [0.15, 0.2) is 24.3 Å². The molecule has 0 amide bonds. The van der Waals surface area contributed by atoms with Crippen LogP contribution in [0.25, 0.3) is 0 Å². The van der Waals surface area contributed by atoms with Crippen LogP contribution in [0, 0.1) is 0 Å². The molecule has 217 valence electrons. The lowest BCUT2D eigenvalue weighted by Gasteiger charge is -2.20. The first-order valence-corrected chi connectivity index (χ1v) is 14.4. The first-order chi connectivity index (χ1) is 19.1. The molecule has 39 heavy (non-hydrogen) atoms. The summed E-state index contributed by atoms with van der Waals surface area (Å²) in [6.07, 6.45) is 5.15. The maximum atomic E-state index is 6.04. The molecule has 0 heterocycles. The van der Waals surface area contributed by atoms with Gasteiger partial charge in [0.1, 0.15) is 11.5 Å². The van der Waals surface area contributed by atoms with Gasteiger partial charge in [-0.1, -0.05) is 41.5 Å². The molecule has 0 aromatic heterocycles. The highest BCUT2D eigenvalue weighted by Gasteiger charge is 2.21. The molecule has 0 aliphatic rings. The molecule has 0 aliphatic heterocycles. The molecule has 0 unspecified atom stereocenters. The van der Waals surface area contributed by atoms with Crippen LogP contribution in [-0.4, -0.2) is 47.3 Å². The summed E-state index contributed by atoms with van der Waals surface area (Å²) in [5.41, 5.74) is 0. The summed E-state index contributed by atoms with van der Waals surface area (Å²) in [6, 6.07) is 7.27. The molecule has 0 atom stereocenters. The van der Waals surface area contributed by atoms with Gasteiger partial charge in [0.05, 0.1) is 39.6 Å². The van der Waals surface area contributed by atoms with Gasteiger partial charge in [-0.2, -0.15) is 0 Å². The summed E-state index contributed by atoms with van der Waals surface area (Å²) in [7, 11) is 1.25. The summed E-state index contributed by atoms with van der Waals surface area (Å²) in [6.45, 7) is 15.6. The van der Waals surface area contributed by atoms with Crippen LogP contribution in [-0.2, 0) is 0 Å². The van der Waals surface area contributed by atoms with E-state index in [0.29, 0.717) is 85.6 Å². The Hall–Kier alpha value is -3.10. The van der Waals surface area contributed by atoms with Crippen LogP contribution in [0.1, 0.15) is 80.1 Å². The van der Waals surface area contributed by atoms with Gasteiger partial charge in [-0.15, -0.1) is 0 Å². The number of hydrogen-bond donors (Lipinski definition) is 0. The summed E-state index contributed by atoms with van der Waals surface area (Å²) in [5.74, 6) is 4.22. The Balaban J connectivity index is 2.37. The Morgan fingerprint density at radius 2 is 0.667 bits per heavy atom. The third-order valence-corrected chi connectivity index (χ3v) is 5.11. The van der Waals surface area contributed by atoms with Gasteiger partial charge in [-0.05, 0) is 38.5 Å². The fourth-order valence-corrected chi connectivity index (χ4v) is 3.34. The number of ether oxygens (including phenoxy) is 6. The van der Waals surface area contributed by atoms with E-state index >= 15 is 0 Å². The fraction of sp³-hybridized carbons (Fsp3) is 0.600. The van der Waals surface area contributed by atoms with Crippen molar-refractivity contribution in [1.82, 2.24) is 0 Å². The molecule has 9 heteroatoms. The number of benzene rings is 2. The molecular formula is C30H46BO8. The Labute approximate surface area is 235 Å². The Kier molecular flexibility index (Phi) is 15.7. The molecule has 2 aromatic carbocycles. The van der Waals surface area contributed by atoms with Crippen molar-refractivity contribution in [3.63, 3.8) is 0 Å². The first kappa shape index (κ1) is 32.1. The van der Waals surface area contributed by atoms with E-state index in [0.717, 1.165) is 38.5 Å². The molecular weight excluding hydrogens is 499 g/mol. The van der Waals surface area contributed by atoms with Gasteiger partial charge in [-0.3, -0.25) is 0 Å². The molecule has 2 aromatic rings. The summed E-state index contributed by atoms with van der Waals surface area (Å²) in [5, 5.41) is 0. The highest BCUT2D eigenvalue weighted by atomic mass is 16.6. The van der Waals surface area contributed by atoms with E-state index in [1.165, 1.54) is 7.69 Å². The zero-order valence-corrected chi connectivity index (χ0v) is 24.6. The molecule has 1 radical (unpaired) electrons. The van der Waals surface area contributed by atoms with Gasteiger partial charge in [-0.25, -0.2) is 0 Å². The Morgan fingerprint density at radius 1 is 0.410 bits per heavy atom. The Morgan fingerprint density at radius 3 is 0.923 bits per heavy atom. The standard InChI is InChI=1S/C30H46BO8/c1-7-13-32-23-19-25(34-15-9-3)29(26(20-23)35-16-10-4)38-31-39-30-27(36-17-11-5)21-24(33-14-8-2)22-28(30)37-18-12-6/h19-22H,7-18H2,1-6H3. The molecule has 0 saturated carbocycles. The highest BCUT2D eigenvalue weighted by molar-refractivity contribution is 6.21. The van der Waals surface area contributed by atoms with Gasteiger partial charge in [0.15, 0.2) is 34.5 Å². The average molecular weight is 546 g/mol.